The summed E-state index contributed by atoms with van der Waals surface area (Å²) in [6, 6.07) is 0.517. The smallest absolute Gasteiger partial charge is 0.349 e. The first kappa shape index (κ1) is 29.9. The van der Waals surface area contributed by atoms with E-state index in [2.05, 4.69) is 20.7 Å². The second-order valence-corrected chi connectivity index (χ2v) is 11.7. The summed E-state index contributed by atoms with van der Waals surface area (Å²) >= 11 is 0. The van der Waals surface area contributed by atoms with E-state index in [9.17, 15) is 31.5 Å². The average Bonchev–Trinajstić information content (AvgIpc) is 3.47. The van der Waals surface area contributed by atoms with Crippen molar-refractivity contribution < 1.29 is 31.5 Å². The summed E-state index contributed by atoms with van der Waals surface area (Å²) in [6.07, 6.45) is 1.38. The molecule has 0 spiro atoms. The van der Waals surface area contributed by atoms with Gasteiger partial charge in [0, 0.05) is 25.3 Å². The lowest BCUT2D eigenvalue weighted by Gasteiger charge is -2.33. The highest BCUT2D eigenvalue weighted by molar-refractivity contribution is 5.92. The van der Waals surface area contributed by atoms with Gasteiger partial charge in [-0.25, -0.2) is 23.3 Å². The van der Waals surface area contributed by atoms with Gasteiger partial charge in [0.05, 0.1) is 49.1 Å². The van der Waals surface area contributed by atoms with Gasteiger partial charge >= 0.3 is 6.18 Å². The largest absolute Gasteiger partial charge is 0.389 e. The van der Waals surface area contributed by atoms with Gasteiger partial charge in [0.1, 0.15) is 5.69 Å². The van der Waals surface area contributed by atoms with Crippen molar-refractivity contribution in [2.45, 2.75) is 95.4 Å². The van der Waals surface area contributed by atoms with E-state index in [1.165, 1.54) is 10.7 Å². The van der Waals surface area contributed by atoms with Gasteiger partial charge in [-0.3, -0.25) is 9.59 Å². The highest BCUT2D eigenvalue weighted by Gasteiger charge is 2.40. The summed E-state index contributed by atoms with van der Waals surface area (Å²) in [4.78, 5) is 34.4. The van der Waals surface area contributed by atoms with Crippen LogP contribution in [-0.4, -0.2) is 48.1 Å². The fraction of sp³-hybridized carbons (Fsp3) is 0.607. The van der Waals surface area contributed by atoms with Crippen LogP contribution in [-0.2, 0) is 4.79 Å². The minimum Gasteiger partial charge on any atom is -0.349 e. The van der Waals surface area contributed by atoms with Crippen molar-refractivity contribution >= 4 is 17.5 Å². The zero-order chi connectivity index (χ0) is 30.2. The third-order valence-electron chi connectivity index (χ3n) is 8.06. The predicted octanol–water partition coefficient (Wildman–Crippen LogP) is 5.71. The summed E-state index contributed by atoms with van der Waals surface area (Å²) in [5.41, 5.74) is 1.82. The van der Waals surface area contributed by atoms with Crippen LogP contribution in [0.4, 0.5) is 22.0 Å². The Morgan fingerprint density at radius 1 is 1.05 bits per heavy atom. The molecule has 3 heterocycles. The molecule has 9 nitrogen and oxygen atoms in total. The molecule has 0 bridgehead atoms. The molecule has 42 heavy (non-hydrogen) atoms. The number of carbonyl (C=O) groups is 2. The van der Waals surface area contributed by atoms with Crippen LogP contribution in [0.2, 0.25) is 0 Å². The summed E-state index contributed by atoms with van der Waals surface area (Å²) in [5, 5.41) is 10.2. The van der Waals surface area contributed by atoms with E-state index >= 15 is 0 Å². The average molecular weight is 596 g/mol. The Balaban J connectivity index is 1.40. The molecule has 2 aliphatic carbocycles. The summed E-state index contributed by atoms with van der Waals surface area (Å²) < 4.78 is 69.1. The fourth-order valence-corrected chi connectivity index (χ4v) is 5.57. The molecule has 14 heteroatoms. The first-order valence-electron chi connectivity index (χ1n) is 14.2. The lowest BCUT2D eigenvalue weighted by molar-refractivity contribution is -0.144. The maximum absolute atomic E-state index is 14.0. The summed E-state index contributed by atoms with van der Waals surface area (Å²) in [6.45, 7) is 3.83. The molecule has 3 aromatic rings. The van der Waals surface area contributed by atoms with Crippen molar-refractivity contribution in [1.82, 2.24) is 34.8 Å². The van der Waals surface area contributed by atoms with Crippen LogP contribution in [0, 0.1) is 11.8 Å². The van der Waals surface area contributed by atoms with Crippen molar-refractivity contribution in [2.24, 2.45) is 11.8 Å². The van der Waals surface area contributed by atoms with Crippen molar-refractivity contribution in [3.05, 3.63) is 47.9 Å². The molecule has 2 fully saturated rings. The monoisotopic (exact) mass is 595 g/mol. The number of hydrogen-bond acceptors (Lipinski definition) is 5. The topological polar surface area (TPSA) is 106 Å². The molecule has 0 aromatic carbocycles. The Labute approximate surface area is 239 Å². The number of rotatable bonds is 10. The zero-order valence-electron chi connectivity index (χ0n) is 23.4. The number of alkyl halides is 5. The van der Waals surface area contributed by atoms with E-state index < -0.39 is 48.8 Å². The van der Waals surface area contributed by atoms with Crippen LogP contribution < -0.4 is 10.6 Å². The van der Waals surface area contributed by atoms with Gasteiger partial charge in [-0.1, -0.05) is 0 Å². The van der Waals surface area contributed by atoms with Crippen LogP contribution in [0.5, 0.6) is 0 Å². The van der Waals surface area contributed by atoms with Gasteiger partial charge in [0.25, 0.3) is 5.91 Å². The van der Waals surface area contributed by atoms with E-state index in [-0.39, 0.29) is 43.6 Å². The Hall–Kier alpha value is -3.58. The van der Waals surface area contributed by atoms with Gasteiger partial charge < -0.3 is 15.2 Å². The first-order valence-corrected chi connectivity index (χ1v) is 14.2. The molecule has 2 N–H and O–H groups in total. The van der Waals surface area contributed by atoms with Gasteiger partial charge in [0.2, 0.25) is 11.8 Å². The SMILES string of the molecule is CC(C)n1cncc1C(=O)N[C@H](c1cn2ncc(C(NC(=O)CCC(F)(F)F)C3CC3)cc2n1)C1CCC(F)(F)CC1. The molecular formula is C28H34F5N7O2. The van der Waals surface area contributed by atoms with Crippen LogP contribution in [0.15, 0.2) is 31.0 Å². The van der Waals surface area contributed by atoms with Gasteiger partial charge in [0.15, 0.2) is 5.65 Å². The van der Waals surface area contributed by atoms with E-state index in [0.29, 0.717) is 22.6 Å². The van der Waals surface area contributed by atoms with Crippen molar-refractivity contribution in [1.29, 1.82) is 0 Å². The third-order valence-corrected chi connectivity index (χ3v) is 8.06. The number of amides is 2. The minimum absolute atomic E-state index is 0.0220. The van der Waals surface area contributed by atoms with E-state index in [1.807, 2.05) is 13.8 Å². The highest BCUT2D eigenvalue weighted by atomic mass is 19.4. The summed E-state index contributed by atoms with van der Waals surface area (Å²) in [7, 11) is 0. The van der Waals surface area contributed by atoms with Crippen LogP contribution >= 0.6 is 0 Å². The molecule has 0 aliphatic heterocycles. The second-order valence-electron chi connectivity index (χ2n) is 11.7. The molecule has 2 saturated carbocycles. The Morgan fingerprint density at radius 2 is 1.74 bits per heavy atom. The third kappa shape index (κ3) is 7.06. The molecule has 2 amide bonds. The number of nitrogens with zero attached hydrogens (tertiary/aromatic N) is 5. The van der Waals surface area contributed by atoms with Crippen LogP contribution in [0.3, 0.4) is 0 Å². The number of carbonyl (C=O) groups excluding carboxylic acids is 2. The van der Waals surface area contributed by atoms with Crippen molar-refractivity contribution in [2.75, 3.05) is 0 Å². The number of halogens is 5. The lowest BCUT2D eigenvalue weighted by Crippen LogP contribution is -2.38. The predicted molar refractivity (Wildman–Crippen MR) is 142 cm³/mol. The standard InChI is InChI=1S/C28H34F5N7O2/c1-16(2)39-15-34-13-21(39)26(42)38-25(18-5-8-27(29,30)9-6-18)20-14-40-22(36-20)11-19(12-35-40)24(17-3-4-17)37-23(41)7-10-28(31,32)33/h11-18,24-25H,3-10H2,1-2H3,(H,37,41)(H,38,42)/t24?,25-/m0/s1. The van der Waals surface area contributed by atoms with Crippen LogP contribution in [0.25, 0.3) is 5.65 Å². The molecule has 0 radical (unpaired) electrons. The molecule has 5 rings (SSSR count). The number of aromatic nitrogens is 5. The zero-order valence-corrected chi connectivity index (χ0v) is 23.4. The molecule has 2 aliphatic rings. The second kappa shape index (κ2) is 11.6. The molecule has 0 saturated heterocycles. The highest BCUT2D eigenvalue weighted by Crippen LogP contribution is 2.43. The van der Waals surface area contributed by atoms with Crippen molar-refractivity contribution in [3.63, 3.8) is 0 Å². The fourth-order valence-electron chi connectivity index (χ4n) is 5.57. The van der Waals surface area contributed by atoms with E-state index in [1.54, 1.807) is 29.4 Å². The van der Waals surface area contributed by atoms with E-state index in [0.717, 1.165) is 12.8 Å². The summed E-state index contributed by atoms with van der Waals surface area (Å²) in [5.74, 6) is -4.05. The number of fused-ring (bicyclic) bond motifs is 1. The Bertz CT molecular complexity index is 1420. The molecule has 3 aromatic heterocycles. The molecule has 1 unspecified atom stereocenters. The van der Waals surface area contributed by atoms with E-state index in [4.69, 9.17) is 4.98 Å². The van der Waals surface area contributed by atoms with Crippen LogP contribution in [0.1, 0.15) is 105 Å². The number of nitrogens with one attached hydrogen (secondary N) is 2. The lowest BCUT2D eigenvalue weighted by atomic mass is 9.81. The maximum Gasteiger partial charge on any atom is 0.389 e. The number of imidazole rings is 2. The number of hydrogen-bond donors (Lipinski definition) is 2. The minimum atomic E-state index is -4.42. The van der Waals surface area contributed by atoms with Gasteiger partial charge in [-0.15, -0.1) is 0 Å². The molecular weight excluding hydrogens is 561 g/mol. The molecule has 228 valence electrons. The Kier molecular flexibility index (Phi) is 8.26. The Morgan fingerprint density at radius 3 is 2.38 bits per heavy atom. The normalized spacial score (nSPS) is 19.1. The molecule has 2 atom stereocenters. The first-order chi connectivity index (χ1) is 19.8. The van der Waals surface area contributed by atoms with Gasteiger partial charge in [-0.05, 0) is 63.0 Å². The van der Waals surface area contributed by atoms with Crippen molar-refractivity contribution in [3.8, 4) is 0 Å². The maximum atomic E-state index is 14.0. The van der Waals surface area contributed by atoms with Gasteiger partial charge in [-0.2, -0.15) is 18.3 Å². The quantitative estimate of drug-likeness (QED) is 0.292.